The van der Waals surface area contributed by atoms with Crippen LogP contribution in [0.15, 0.2) is 12.2 Å². The maximum atomic E-state index is 11.8. The molecule has 1 atom stereocenters. The summed E-state index contributed by atoms with van der Waals surface area (Å²) in [5, 5.41) is 9.85. The number of carbonyl (C=O) groups excluding carboxylic acids is 1. The van der Waals surface area contributed by atoms with Crippen molar-refractivity contribution in [2.75, 3.05) is 0 Å². The van der Waals surface area contributed by atoms with Crippen LogP contribution >= 0.6 is 0 Å². The zero-order chi connectivity index (χ0) is 15.2. The molecule has 21 heavy (non-hydrogen) atoms. The Bertz CT molecular complexity index is 283. The molecule has 0 heterocycles. The molecule has 2 heteroatoms. The molecule has 0 bridgehead atoms. The zero-order valence-electron chi connectivity index (χ0n) is 13.7. The molecule has 1 aliphatic carbocycles. The zero-order valence-corrected chi connectivity index (χ0v) is 13.7. The largest absolute Gasteiger partial charge is 0.385 e. The van der Waals surface area contributed by atoms with Gasteiger partial charge in [-0.3, -0.25) is 4.79 Å². The summed E-state index contributed by atoms with van der Waals surface area (Å²) in [5.74, 6) is 0.0668. The monoisotopic (exact) mass is 294 g/mol. The number of hydrogen-bond donors (Lipinski definition) is 1. The van der Waals surface area contributed by atoms with Crippen LogP contribution in [-0.4, -0.2) is 17.0 Å². The molecule has 0 saturated carbocycles. The van der Waals surface area contributed by atoms with Gasteiger partial charge in [0.2, 0.25) is 0 Å². The Morgan fingerprint density at radius 3 is 1.81 bits per heavy atom. The van der Waals surface area contributed by atoms with Gasteiger partial charge in [0.15, 0.2) is 5.78 Å². The highest BCUT2D eigenvalue weighted by atomic mass is 16.3. The van der Waals surface area contributed by atoms with Gasteiger partial charge in [0.05, 0.1) is 0 Å². The van der Waals surface area contributed by atoms with Crippen molar-refractivity contribution in [1.82, 2.24) is 0 Å². The van der Waals surface area contributed by atoms with Crippen LogP contribution < -0.4 is 0 Å². The van der Waals surface area contributed by atoms with Crippen LogP contribution in [0.5, 0.6) is 0 Å². The van der Waals surface area contributed by atoms with E-state index in [9.17, 15) is 9.90 Å². The lowest BCUT2D eigenvalue weighted by Gasteiger charge is -2.09. The van der Waals surface area contributed by atoms with Gasteiger partial charge in [0.25, 0.3) is 0 Å². The van der Waals surface area contributed by atoms with E-state index in [1.807, 2.05) is 0 Å². The second-order valence-corrected chi connectivity index (χ2v) is 6.46. The highest BCUT2D eigenvalue weighted by molar-refractivity contribution is 5.82. The summed E-state index contributed by atoms with van der Waals surface area (Å²) in [7, 11) is 0. The Balaban J connectivity index is 2.24. The summed E-state index contributed by atoms with van der Waals surface area (Å²) in [6.07, 6.45) is 20.8. The van der Waals surface area contributed by atoms with Crippen LogP contribution in [0, 0.1) is 0 Å². The van der Waals surface area contributed by atoms with E-state index in [0.717, 1.165) is 25.7 Å². The van der Waals surface area contributed by atoms with E-state index in [1.165, 1.54) is 57.8 Å². The number of ketones is 1. The Morgan fingerprint density at radius 2 is 1.19 bits per heavy atom. The first kappa shape index (κ1) is 18.4. The number of aliphatic hydroxyl groups excluding tert-OH is 1. The van der Waals surface area contributed by atoms with Crippen LogP contribution in [0.2, 0.25) is 0 Å². The van der Waals surface area contributed by atoms with Crippen molar-refractivity contribution in [2.45, 2.75) is 102 Å². The molecule has 0 amide bonds. The maximum Gasteiger partial charge on any atom is 0.161 e. The molecule has 1 aliphatic rings. The summed E-state index contributed by atoms with van der Waals surface area (Å²) in [5.41, 5.74) is 0. The molecule has 0 spiro atoms. The van der Waals surface area contributed by atoms with Crippen LogP contribution in [-0.2, 0) is 4.79 Å². The minimum Gasteiger partial charge on any atom is -0.385 e. The molecule has 1 N–H and O–H groups in total. The second kappa shape index (κ2) is 13.1. The standard InChI is InChI=1S/C19H34O2/c20-18-16-14-12-10-8-6-4-2-1-3-5-7-9-11-13-15-17-19(18)21/h1-2,18,20H,3-17H2/b2-1-. The third-order valence-electron chi connectivity index (χ3n) is 4.43. The number of Topliss-reactive ketones (excluding diaryl/α,β-unsaturated/α-hetero) is 1. The summed E-state index contributed by atoms with van der Waals surface area (Å²) < 4.78 is 0. The highest BCUT2D eigenvalue weighted by Crippen LogP contribution is 2.14. The average Bonchev–Trinajstić information content (AvgIpc) is 2.49. The van der Waals surface area contributed by atoms with Crippen molar-refractivity contribution in [1.29, 1.82) is 0 Å². The van der Waals surface area contributed by atoms with Gasteiger partial charge >= 0.3 is 0 Å². The van der Waals surface area contributed by atoms with E-state index in [2.05, 4.69) is 12.2 Å². The average molecular weight is 294 g/mol. The predicted molar refractivity (Wildman–Crippen MR) is 89.4 cm³/mol. The molecule has 0 aromatic carbocycles. The van der Waals surface area contributed by atoms with E-state index in [-0.39, 0.29) is 5.78 Å². The number of hydrogen-bond acceptors (Lipinski definition) is 2. The topological polar surface area (TPSA) is 37.3 Å². The Hall–Kier alpha value is -0.630. The van der Waals surface area contributed by atoms with Crippen molar-refractivity contribution in [3.05, 3.63) is 12.2 Å². The van der Waals surface area contributed by atoms with E-state index in [4.69, 9.17) is 0 Å². The SMILES string of the molecule is O=C1CCCCCCCC/C=C\CCCCCCCC1O. The Kier molecular flexibility index (Phi) is 11.5. The Morgan fingerprint density at radius 1 is 0.714 bits per heavy atom. The van der Waals surface area contributed by atoms with Gasteiger partial charge in [0, 0.05) is 6.42 Å². The van der Waals surface area contributed by atoms with E-state index >= 15 is 0 Å². The smallest absolute Gasteiger partial charge is 0.161 e. The van der Waals surface area contributed by atoms with Crippen LogP contribution in [0.25, 0.3) is 0 Å². The third kappa shape index (κ3) is 10.7. The minimum absolute atomic E-state index is 0.0668. The molecule has 0 fully saturated rings. The van der Waals surface area contributed by atoms with Gasteiger partial charge in [-0.25, -0.2) is 0 Å². The molecule has 0 aliphatic heterocycles. The molecule has 2 nitrogen and oxygen atoms in total. The van der Waals surface area contributed by atoms with Crippen molar-refractivity contribution in [3.63, 3.8) is 0 Å². The molecule has 0 radical (unpaired) electrons. The van der Waals surface area contributed by atoms with Crippen LogP contribution in [0.1, 0.15) is 96.3 Å². The third-order valence-corrected chi connectivity index (χ3v) is 4.43. The molecule has 0 aromatic heterocycles. The predicted octanol–water partition coefficient (Wildman–Crippen LogP) is 5.34. The maximum absolute atomic E-state index is 11.8. The molecule has 1 unspecified atom stereocenters. The van der Waals surface area contributed by atoms with Crippen LogP contribution in [0.4, 0.5) is 0 Å². The van der Waals surface area contributed by atoms with E-state index in [1.54, 1.807) is 0 Å². The van der Waals surface area contributed by atoms with Gasteiger partial charge < -0.3 is 5.11 Å². The van der Waals surface area contributed by atoms with Crippen molar-refractivity contribution in [3.8, 4) is 0 Å². The van der Waals surface area contributed by atoms with Gasteiger partial charge in [0.1, 0.15) is 6.10 Å². The van der Waals surface area contributed by atoms with E-state index < -0.39 is 6.10 Å². The number of rotatable bonds is 0. The number of allylic oxidation sites excluding steroid dienone is 2. The number of aliphatic hydroxyl groups is 1. The fraction of sp³-hybridized carbons (Fsp3) is 0.842. The molecule has 122 valence electrons. The second-order valence-electron chi connectivity index (χ2n) is 6.46. The summed E-state index contributed by atoms with van der Waals surface area (Å²) >= 11 is 0. The quantitative estimate of drug-likeness (QED) is 0.612. The first-order valence-corrected chi connectivity index (χ1v) is 9.16. The lowest BCUT2D eigenvalue weighted by Crippen LogP contribution is -2.19. The van der Waals surface area contributed by atoms with Gasteiger partial charge in [-0.1, -0.05) is 63.5 Å². The lowest BCUT2D eigenvalue weighted by molar-refractivity contribution is -0.127. The molecular weight excluding hydrogens is 260 g/mol. The first-order valence-electron chi connectivity index (χ1n) is 9.16. The van der Waals surface area contributed by atoms with E-state index in [0.29, 0.717) is 12.8 Å². The van der Waals surface area contributed by atoms with Gasteiger partial charge in [-0.05, 0) is 38.5 Å². The van der Waals surface area contributed by atoms with Crippen molar-refractivity contribution in [2.24, 2.45) is 0 Å². The van der Waals surface area contributed by atoms with Gasteiger partial charge in [-0.2, -0.15) is 0 Å². The normalized spacial score (nSPS) is 27.3. The Labute approximate surface area is 131 Å². The number of carbonyl (C=O) groups is 1. The highest BCUT2D eigenvalue weighted by Gasteiger charge is 2.13. The minimum atomic E-state index is -0.699. The van der Waals surface area contributed by atoms with Crippen molar-refractivity contribution < 1.29 is 9.90 Å². The fourth-order valence-corrected chi connectivity index (χ4v) is 2.96. The molecular formula is C19H34O2. The first-order chi connectivity index (χ1) is 10.3. The molecule has 0 saturated heterocycles. The van der Waals surface area contributed by atoms with Gasteiger partial charge in [-0.15, -0.1) is 0 Å². The summed E-state index contributed by atoms with van der Waals surface area (Å²) in [6, 6.07) is 0. The summed E-state index contributed by atoms with van der Waals surface area (Å²) in [4.78, 5) is 11.8. The van der Waals surface area contributed by atoms with Crippen LogP contribution in [0.3, 0.4) is 0 Å². The molecule has 0 aromatic rings. The summed E-state index contributed by atoms with van der Waals surface area (Å²) in [6.45, 7) is 0. The van der Waals surface area contributed by atoms with Crippen molar-refractivity contribution >= 4 is 5.78 Å². The lowest BCUT2D eigenvalue weighted by atomic mass is 10.0. The fourth-order valence-electron chi connectivity index (χ4n) is 2.96. The molecule has 1 rings (SSSR count).